The zero-order chi connectivity index (χ0) is 17.1. The average Bonchev–Trinajstić information content (AvgIpc) is 2.99. The molecule has 0 spiro atoms. The van der Waals surface area contributed by atoms with Crippen molar-refractivity contribution in [3.63, 3.8) is 0 Å². The smallest absolute Gasteiger partial charge is 0.240 e. The van der Waals surface area contributed by atoms with E-state index in [0.717, 1.165) is 26.4 Å². The highest BCUT2D eigenvalue weighted by Gasteiger charge is 2.28. The summed E-state index contributed by atoms with van der Waals surface area (Å²) in [6, 6.07) is 9.83. The molecule has 2 aromatic rings. The molecule has 1 N–H and O–H groups in total. The van der Waals surface area contributed by atoms with Crippen molar-refractivity contribution in [2.75, 3.05) is 17.2 Å². The summed E-state index contributed by atoms with van der Waals surface area (Å²) in [6.45, 7) is 2.62. The third-order valence-corrected chi connectivity index (χ3v) is 6.70. The first-order valence-electron chi connectivity index (χ1n) is 7.64. The third-order valence-electron chi connectivity index (χ3n) is 3.68. The van der Waals surface area contributed by atoms with E-state index in [4.69, 9.17) is 0 Å². The Hall–Kier alpha value is -1.31. The number of nitrogens with one attached hydrogen (secondary N) is 1. The van der Waals surface area contributed by atoms with E-state index in [1.165, 1.54) is 4.88 Å². The van der Waals surface area contributed by atoms with Crippen LogP contribution in [-0.2, 0) is 22.6 Å². The summed E-state index contributed by atoms with van der Waals surface area (Å²) in [4.78, 5) is 27.4. The Bertz CT molecular complexity index is 776. The third kappa shape index (κ3) is 4.02. The lowest BCUT2D eigenvalue weighted by molar-refractivity contribution is -0.123. The Balaban J connectivity index is 1.65. The van der Waals surface area contributed by atoms with Crippen molar-refractivity contribution in [1.82, 2.24) is 5.32 Å². The first-order valence-corrected chi connectivity index (χ1v) is 10.2. The Morgan fingerprint density at radius 2 is 2.21 bits per heavy atom. The van der Waals surface area contributed by atoms with Crippen LogP contribution in [0.1, 0.15) is 17.4 Å². The number of halogens is 1. The maximum atomic E-state index is 12.3. The van der Waals surface area contributed by atoms with E-state index in [9.17, 15) is 9.59 Å². The van der Waals surface area contributed by atoms with Crippen LogP contribution in [0.5, 0.6) is 0 Å². The number of anilines is 1. The molecule has 0 fully saturated rings. The van der Waals surface area contributed by atoms with Gasteiger partial charge in [0.05, 0.1) is 15.6 Å². The van der Waals surface area contributed by atoms with Crippen LogP contribution in [0.3, 0.4) is 0 Å². The number of thioether (sulfide) groups is 1. The van der Waals surface area contributed by atoms with Crippen molar-refractivity contribution < 1.29 is 9.59 Å². The number of hydrogen-bond donors (Lipinski definition) is 1. The number of thiophene rings is 1. The summed E-state index contributed by atoms with van der Waals surface area (Å²) in [7, 11) is 0. The summed E-state index contributed by atoms with van der Waals surface area (Å²) in [6.07, 6.45) is 0.940. The number of benzene rings is 1. The highest BCUT2D eigenvalue weighted by atomic mass is 79.9. The van der Waals surface area contributed by atoms with Crippen molar-refractivity contribution >= 4 is 56.5 Å². The van der Waals surface area contributed by atoms with E-state index in [1.54, 1.807) is 28.0 Å². The minimum Gasteiger partial charge on any atom is -0.350 e. The van der Waals surface area contributed by atoms with Gasteiger partial charge in [-0.1, -0.05) is 35.0 Å². The highest BCUT2D eigenvalue weighted by Crippen LogP contribution is 2.42. The molecule has 0 aliphatic carbocycles. The molecule has 0 bridgehead atoms. The van der Waals surface area contributed by atoms with Crippen molar-refractivity contribution in [2.24, 2.45) is 0 Å². The quantitative estimate of drug-likeness (QED) is 0.792. The number of carbonyl (C=O) groups is 2. The van der Waals surface area contributed by atoms with Gasteiger partial charge in [0.2, 0.25) is 11.8 Å². The maximum absolute atomic E-state index is 12.3. The van der Waals surface area contributed by atoms with Gasteiger partial charge in [-0.25, -0.2) is 0 Å². The largest absolute Gasteiger partial charge is 0.350 e. The summed E-state index contributed by atoms with van der Waals surface area (Å²) in [5, 5.41) is 2.89. The Labute approximate surface area is 157 Å². The van der Waals surface area contributed by atoms with Crippen LogP contribution >= 0.6 is 39.0 Å². The van der Waals surface area contributed by atoms with Crippen molar-refractivity contribution in [1.29, 1.82) is 0 Å². The lowest BCUT2D eigenvalue weighted by atomic mass is 10.2. The molecule has 0 unspecified atom stereocenters. The van der Waals surface area contributed by atoms with Crippen LogP contribution in [0.25, 0.3) is 0 Å². The van der Waals surface area contributed by atoms with Gasteiger partial charge in [0.15, 0.2) is 0 Å². The molecule has 2 heterocycles. The van der Waals surface area contributed by atoms with Gasteiger partial charge in [0.1, 0.15) is 6.54 Å². The lowest BCUT2D eigenvalue weighted by Gasteiger charge is -2.25. The van der Waals surface area contributed by atoms with Crippen molar-refractivity contribution in [2.45, 2.75) is 24.1 Å². The van der Waals surface area contributed by atoms with Gasteiger partial charge >= 0.3 is 0 Å². The Morgan fingerprint density at radius 3 is 2.96 bits per heavy atom. The normalized spacial score (nSPS) is 13.8. The second-order valence-electron chi connectivity index (χ2n) is 5.41. The van der Waals surface area contributed by atoms with Gasteiger partial charge in [0, 0.05) is 15.9 Å². The molecule has 0 saturated heterocycles. The molecule has 1 aromatic carbocycles. The van der Waals surface area contributed by atoms with E-state index in [-0.39, 0.29) is 18.4 Å². The Kier molecular flexibility index (Phi) is 5.63. The van der Waals surface area contributed by atoms with Crippen LogP contribution in [0, 0.1) is 0 Å². The molecular weight excluding hydrogens is 408 g/mol. The zero-order valence-corrected chi connectivity index (χ0v) is 16.4. The van der Waals surface area contributed by atoms with Crippen LogP contribution in [0.4, 0.5) is 5.69 Å². The van der Waals surface area contributed by atoms with E-state index < -0.39 is 0 Å². The second-order valence-corrected chi connectivity index (χ2v) is 8.71. The fourth-order valence-corrected chi connectivity index (χ4v) is 5.17. The summed E-state index contributed by atoms with van der Waals surface area (Å²) < 4.78 is 2.11. The number of aryl methyl sites for hydroxylation is 1. The molecular formula is C17H17BrN2O2S2. The number of rotatable bonds is 5. The number of nitrogens with zero attached hydrogens (tertiary/aromatic N) is 1. The molecule has 1 aromatic heterocycles. The van der Waals surface area contributed by atoms with Crippen molar-refractivity contribution in [3.05, 3.63) is 45.2 Å². The SMILES string of the molecule is CCc1cc2c(s1)SCC(=O)N2CC(=O)NCc1cccc(Br)c1. The first-order chi connectivity index (χ1) is 11.6. The number of carbonyl (C=O) groups excluding carboxylic acids is 2. The van der Waals surface area contributed by atoms with Gasteiger partial charge in [0.25, 0.3) is 0 Å². The topological polar surface area (TPSA) is 49.4 Å². The molecule has 0 radical (unpaired) electrons. The molecule has 2 amide bonds. The van der Waals surface area contributed by atoms with Gasteiger partial charge in [-0.15, -0.1) is 23.1 Å². The van der Waals surface area contributed by atoms with Gasteiger partial charge < -0.3 is 10.2 Å². The average molecular weight is 425 g/mol. The van der Waals surface area contributed by atoms with Gasteiger partial charge in [-0.2, -0.15) is 0 Å². The molecule has 0 saturated carbocycles. The molecule has 1 aliphatic rings. The van der Waals surface area contributed by atoms with E-state index in [1.807, 2.05) is 30.3 Å². The lowest BCUT2D eigenvalue weighted by Crippen LogP contribution is -2.42. The van der Waals surface area contributed by atoms with E-state index >= 15 is 0 Å². The number of hydrogen-bond acceptors (Lipinski definition) is 4. The standard InChI is InChI=1S/C17H17BrN2O2S2/c1-2-13-7-14-17(24-13)23-10-16(22)20(14)9-15(21)19-8-11-4-3-5-12(18)6-11/h3-7H,2,8-10H2,1H3,(H,19,21). The summed E-state index contributed by atoms with van der Waals surface area (Å²) in [5.74, 6) is 0.242. The van der Waals surface area contributed by atoms with E-state index in [0.29, 0.717) is 12.3 Å². The minimum atomic E-state index is -0.148. The van der Waals surface area contributed by atoms with Crippen LogP contribution < -0.4 is 10.2 Å². The fraction of sp³-hybridized carbons (Fsp3) is 0.294. The van der Waals surface area contributed by atoms with Crippen LogP contribution in [0.2, 0.25) is 0 Å². The highest BCUT2D eigenvalue weighted by molar-refractivity contribution is 9.10. The maximum Gasteiger partial charge on any atom is 0.240 e. The number of fused-ring (bicyclic) bond motifs is 1. The zero-order valence-electron chi connectivity index (χ0n) is 13.2. The summed E-state index contributed by atoms with van der Waals surface area (Å²) in [5.41, 5.74) is 1.90. The first kappa shape index (κ1) is 17.5. The fourth-order valence-electron chi connectivity index (χ4n) is 2.44. The minimum absolute atomic E-state index is 0.00874. The van der Waals surface area contributed by atoms with Gasteiger partial charge in [-0.3, -0.25) is 9.59 Å². The molecule has 3 rings (SSSR count). The Morgan fingerprint density at radius 1 is 1.38 bits per heavy atom. The predicted octanol–water partition coefficient (Wildman–Crippen LogP) is 3.83. The number of amides is 2. The van der Waals surface area contributed by atoms with Crippen LogP contribution in [0.15, 0.2) is 39.0 Å². The molecule has 7 heteroatoms. The van der Waals surface area contributed by atoms with Gasteiger partial charge in [-0.05, 0) is 30.2 Å². The van der Waals surface area contributed by atoms with Crippen LogP contribution in [-0.4, -0.2) is 24.1 Å². The monoisotopic (exact) mass is 424 g/mol. The molecule has 4 nitrogen and oxygen atoms in total. The molecule has 24 heavy (non-hydrogen) atoms. The van der Waals surface area contributed by atoms with Crippen molar-refractivity contribution in [3.8, 4) is 0 Å². The molecule has 0 atom stereocenters. The van der Waals surface area contributed by atoms with E-state index in [2.05, 4.69) is 28.2 Å². The second kappa shape index (κ2) is 7.72. The molecule has 1 aliphatic heterocycles. The molecule has 126 valence electrons. The summed E-state index contributed by atoms with van der Waals surface area (Å²) >= 11 is 6.70. The predicted molar refractivity (Wildman–Crippen MR) is 103 cm³/mol.